The van der Waals surface area contributed by atoms with Crippen molar-refractivity contribution >= 4 is 57.6 Å². The standard InChI is InChI=1S/C19H17ClN4O3S2/c20-12-7-5-11(6-8-12)10-28-19-23-22-18(29-19)21-15(25)9-24-16(26)13-3-1-2-4-14(13)17(24)27/h1-2,5-8,13-14H,3-4,9-10H2,(H,21,22,25)/t13-,14-/m1/s1. The molecule has 0 bridgehead atoms. The van der Waals surface area contributed by atoms with Crippen LogP contribution >= 0.6 is 34.7 Å². The molecule has 0 spiro atoms. The summed E-state index contributed by atoms with van der Waals surface area (Å²) in [6, 6.07) is 7.54. The third kappa shape index (κ3) is 4.52. The molecule has 1 N–H and O–H groups in total. The minimum Gasteiger partial charge on any atom is -0.299 e. The first-order valence-corrected chi connectivity index (χ1v) is 11.2. The molecule has 2 atom stereocenters. The fourth-order valence-electron chi connectivity index (χ4n) is 3.37. The van der Waals surface area contributed by atoms with Gasteiger partial charge in [0.2, 0.25) is 22.9 Å². The van der Waals surface area contributed by atoms with Crippen molar-refractivity contribution in [3.05, 3.63) is 47.0 Å². The Morgan fingerprint density at radius 3 is 2.45 bits per heavy atom. The lowest BCUT2D eigenvalue weighted by molar-refractivity contribution is -0.142. The van der Waals surface area contributed by atoms with Gasteiger partial charge in [0.15, 0.2) is 4.34 Å². The molecule has 1 aliphatic heterocycles. The van der Waals surface area contributed by atoms with Crippen LogP contribution in [0.15, 0.2) is 40.8 Å². The number of carbonyl (C=O) groups is 3. The third-order valence-corrected chi connectivity index (χ3v) is 7.12. The summed E-state index contributed by atoms with van der Waals surface area (Å²) in [4.78, 5) is 38.3. The first kappa shape index (κ1) is 20.1. The number of nitrogens with one attached hydrogen (secondary N) is 1. The summed E-state index contributed by atoms with van der Waals surface area (Å²) in [6.07, 6.45) is 4.94. The molecule has 2 heterocycles. The van der Waals surface area contributed by atoms with E-state index < -0.39 is 5.91 Å². The quantitative estimate of drug-likeness (QED) is 0.315. The van der Waals surface area contributed by atoms with Gasteiger partial charge in [-0.2, -0.15) is 0 Å². The van der Waals surface area contributed by atoms with Crippen LogP contribution in [-0.2, 0) is 20.1 Å². The maximum atomic E-state index is 12.4. The number of carbonyl (C=O) groups excluding carboxylic acids is 3. The van der Waals surface area contributed by atoms with Gasteiger partial charge in [0.1, 0.15) is 6.54 Å². The molecular formula is C19H17ClN4O3S2. The number of anilines is 1. The van der Waals surface area contributed by atoms with Crippen molar-refractivity contribution in [3.63, 3.8) is 0 Å². The predicted octanol–water partition coefficient (Wildman–Crippen LogP) is 3.37. The van der Waals surface area contributed by atoms with Crippen LogP contribution in [0.3, 0.4) is 0 Å². The van der Waals surface area contributed by atoms with Crippen LogP contribution in [0.25, 0.3) is 0 Å². The second-order valence-electron chi connectivity index (χ2n) is 6.75. The second-order valence-corrected chi connectivity index (χ2v) is 9.39. The van der Waals surface area contributed by atoms with Crippen molar-refractivity contribution in [3.8, 4) is 0 Å². The van der Waals surface area contributed by atoms with E-state index in [2.05, 4.69) is 15.5 Å². The van der Waals surface area contributed by atoms with Crippen molar-refractivity contribution in [1.29, 1.82) is 0 Å². The molecule has 10 heteroatoms. The van der Waals surface area contributed by atoms with Crippen LogP contribution in [0.5, 0.6) is 0 Å². The SMILES string of the molecule is O=C(CN1C(=O)[C@@H]2CC=CC[C@H]2C1=O)Nc1nnc(SCc2ccc(Cl)cc2)s1. The summed E-state index contributed by atoms with van der Waals surface area (Å²) < 4.78 is 0.709. The van der Waals surface area contributed by atoms with E-state index >= 15 is 0 Å². The number of fused-ring (bicyclic) bond motifs is 1. The molecule has 1 aliphatic carbocycles. The monoisotopic (exact) mass is 448 g/mol. The zero-order valence-corrected chi connectivity index (χ0v) is 17.6. The lowest BCUT2D eigenvalue weighted by atomic mass is 9.85. The number of allylic oxidation sites excluding steroid dienone is 2. The molecule has 0 radical (unpaired) electrons. The second kappa shape index (κ2) is 8.64. The van der Waals surface area contributed by atoms with E-state index in [1.807, 2.05) is 36.4 Å². The minimum atomic E-state index is -0.455. The number of benzene rings is 1. The van der Waals surface area contributed by atoms with Crippen molar-refractivity contribution in [2.24, 2.45) is 11.8 Å². The Kier molecular flexibility index (Phi) is 5.98. The Labute approximate surface area is 180 Å². The summed E-state index contributed by atoms with van der Waals surface area (Å²) in [5, 5.41) is 11.7. The number of rotatable bonds is 6. The highest BCUT2D eigenvalue weighted by molar-refractivity contribution is 8.00. The van der Waals surface area contributed by atoms with Gasteiger partial charge in [-0.3, -0.25) is 24.6 Å². The average Bonchev–Trinajstić information content (AvgIpc) is 3.26. The summed E-state index contributed by atoms with van der Waals surface area (Å²) in [5.74, 6) is -0.959. The van der Waals surface area contributed by atoms with Crippen LogP contribution in [0.1, 0.15) is 18.4 Å². The normalized spacial score (nSPS) is 20.8. The van der Waals surface area contributed by atoms with E-state index in [0.29, 0.717) is 33.1 Å². The van der Waals surface area contributed by atoms with Crippen LogP contribution in [0, 0.1) is 11.8 Å². The zero-order chi connectivity index (χ0) is 20.4. The van der Waals surface area contributed by atoms with Gasteiger partial charge < -0.3 is 0 Å². The molecule has 2 aromatic rings. The van der Waals surface area contributed by atoms with Crippen molar-refractivity contribution in [2.45, 2.75) is 22.9 Å². The average molecular weight is 449 g/mol. The zero-order valence-electron chi connectivity index (χ0n) is 15.2. The van der Waals surface area contributed by atoms with Gasteiger partial charge in [0, 0.05) is 10.8 Å². The molecule has 2 aliphatic rings. The number of likely N-dealkylation sites (tertiary alicyclic amines) is 1. The summed E-state index contributed by atoms with van der Waals surface area (Å²) in [5.41, 5.74) is 1.10. The van der Waals surface area contributed by atoms with Gasteiger partial charge >= 0.3 is 0 Å². The van der Waals surface area contributed by atoms with E-state index in [0.717, 1.165) is 10.5 Å². The molecule has 0 saturated carbocycles. The Balaban J connectivity index is 1.31. The first-order chi connectivity index (χ1) is 14.0. The number of thioether (sulfide) groups is 1. The maximum Gasteiger partial charge on any atom is 0.246 e. The number of halogens is 1. The van der Waals surface area contributed by atoms with E-state index in [1.54, 1.807) is 0 Å². The number of nitrogens with zero attached hydrogens (tertiary/aromatic N) is 3. The van der Waals surface area contributed by atoms with Gasteiger partial charge in [-0.15, -0.1) is 10.2 Å². The third-order valence-electron chi connectivity index (χ3n) is 4.83. The van der Waals surface area contributed by atoms with E-state index in [1.165, 1.54) is 23.1 Å². The topological polar surface area (TPSA) is 92.3 Å². The highest BCUT2D eigenvalue weighted by Gasteiger charge is 2.47. The van der Waals surface area contributed by atoms with Crippen LogP contribution in [0.4, 0.5) is 5.13 Å². The smallest absolute Gasteiger partial charge is 0.246 e. The molecular weight excluding hydrogens is 432 g/mol. The number of hydrogen-bond acceptors (Lipinski definition) is 7. The molecule has 1 saturated heterocycles. The molecule has 150 valence electrons. The molecule has 29 heavy (non-hydrogen) atoms. The first-order valence-electron chi connectivity index (χ1n) is 9.02. The number of hydrogen-bond donors (Lipinski definition) is 1. The van der Waals surface area contributed by atoms with Gasteiger partial charge in [0.05, 0.1) is 11.8 Å². The van der Waals surface area contributed by atoms with Crippen LogP contribution in [0.2, 0.25) is 5.02 Å². The Hall–Kier alpha value is -2.23. The van der Waals surface area contributed by atoms with Crippen LogP contribution < -0.4 is 5.32 Å². The summed E-state index contributed by atoms with van der Waals surface area (Å²) in [6.45, 7) is -0.294. The number of amides is 3. The molecule has 3 amide bonds. The van der Waals surface area contributed by atoms with Gasteiger partial charge in [0.25, 0.3) is 0 Å². The van der Waals surface area contributed by atoms with E-state index in [-0.39, 0.29) is 30.2 Å². The highest BCUT2D eigenvalue weighted by atomic mass is 35.5. The molecule has 1 aromatic heterocycles. The lowest BCUT2D eigenvalue weighted by Gasteiger charge is -2.14. The highest BCUT2D eigenvalue weighted by Crippen LogP contribution is 2.35. The maximum absolute atomic E-state index is 12.4. The van der Waals surface area contributed by atoms with Crippen LogP contribution in [-0.4, -0.2) is 39.4 Å². The Bertz CT molecular complexity index is 950. The van der Waals surface area contributed by atoms with Gasteiger partial charge in [-0.1, -0.05) is 59.0 Å². The molecule has 0 unspecified atom stereocenters. The fourth-order valence-corrected chi connectivity index (χ4v) is 5.22. The Morgan fingerprint density at radius 2 is 1.79 bits per heavy atom. The fraction of sp³-hybridized carbons (Fsp3) is 0.316. The number of aromatic nitrogens is 2. The van der Waals surface area contributed by atoms with Gasteiger partial charge in [-0.05, 0) is 30.5 Å². The van der Waals surface area contributed by atoms with Crippen molar-refractivity contribution in [2.75, 3.05) is 11.9 Å². The molecule has 1 fully saturated rings. The Morgan fingerprint density at radius 1 is 1.14 bits per heavy atom. The largest absolute Gasteiger partial charge is 0.299 e. The summed E-state index contributed by atoms with van der Waals surface area (Å²) in [7, 11) is 0. The summed E-state index contributed by atoms with van der Waals surface area (Å²) >= 11 is 8.63. The predicted molar refractivity (Wildman–Crippen MR) is 112 cm³/mol. The molecule has 4 rings (SSSR count). The van der Waals surface area contributed by atoms with E-state index in [4.69, 9.17) is 11.6 Å². The molecule has 7 nitrogen and oxygen atoms in total. The lowest BCUT2D eigenvalue weighted by Crippen LogP contribution is -2.38. The van der Waals surface area contributed by atoms with Crippen molar-refractivity contribution < 1.29 is 14.4 Å². The van der Waals surface area contributed by atoms with Crippen molar-refractivity contribution in [1.82, 2.24) is 15.1 Å². The number of imide groups is 1. The van der Waals surface area contributed by atoms with Gasteiger partial charge in [-0.25, -0.2) is 0 Å². The molecule has 1 aromatic carbocycles. The van der Waals surface area contributed by atoms with E-state index in [9.17, 15) is 14.4 Å². The minimum absolute atomic E-state index is 0.268.